The van der Waals surface area contributed by atoms with Crippen LogP contribution in [0.4, 0.5) is 13.2 Å². The smallest absolute Gasteiger partial charge is 0.372 e. The van der Waals surface area contributed by atoms with Crippen molar-refractivity contribution in [3.05, 3.63) is 35.9 Å². The fourth-order valence-electron chi connectivity index (χ4n) is 1.46. The van der Waals surface area contributed by atoms with Gasteiger partial charge in [0.2, 0.25) is 0 Å². The summed E-state index contributed by atoms with van der Waals surface area (Å²) in [6.07, 6.45) is -3.12. The molecule has 1 atom stereocenters. The van der Waals surface area contributed by atoms with Crippen LogP contribution < -0.4 is 5.73 Å². The molecule has 2 nitrogen and oxygen atoms in total. The summed E-state index contributed by atoms with van der Waals surface area (Å²) in [6, 6.07) is 9.32. The highest BCUT2D eigenvalue weighted by molar-refractivity contribution is 5.18. The Morgan fingerprint density at radius 3 is 2.41 bits per heavy atom. The second-order valence-electron chi connectivity index (χ2n) is 3.83. The van der Waals surface area contributed by atoms with Crippen molar-refractivity contribution in [2.45, 2.75) is 25.1 Å². The molecule has 0 amide bonds. The van der Waals surface area contributed by atoms with Crippen LogP contribution in [0.2, 0.25) is 0 Å². The third kappa shape index (κ3) is 6.28. The topological polar surface area (TPSA) is 35.2 Å². The maximum absolute atomic E-state index is 11.8. The van der Waals surface area contributed by atoms with Crippen molar-refractivity contribution in [3.8, 4) is 0 Å². The van der Waals surface area contributed by atoms with E-state index < -0.39 is 12.8 Å². The number of nitrogens with two attached hydrogens (primary N) is 1. The van der Waals surface area contributed by atoms with Gasteiger partial charge >= 0.3 is 6.18 Å². The molecule has 1 unspecified atom stereocenters. The van der Waals surface area contributed by atoms with Crippen molar-refractivity contribution in [2.24, 2.45) is 5.73 Å². The van der Waals surface area contributed by atoms with E-state index in [-0.39, 0.29) is 12.6 Å². The van der Waals surface area contributed by atoms with Crippen LogP contribution in [0.1, 0.15) is 24.4 Å². The Kier molecular flexibility index (Phi) is 5.44. The second kappa shape index (κ2) is 6.61. The van der Waals surface area contributed by atoms with Crippen LogP contribution in [0.15, 0.2) is 30.3 Å². The third-order valence-corrected chi connectivity index (χ3v) is 2.30. The van der Waals surface area contributed by atoms with Crippen LogP contribution in [-0.4, -0.2) is 19.4 Å². The highest BCUT2D eigenvalue weighted by atomic mass is 19.4. The zero-order chi connectivity index (χ0) is 12.7. The largest absolute Gasteiger partial charge is 0.411 e. The molecule has 17 heavy (non-hydrogen) atoms. The van der Waals surface area contributed by atoms with Crippen LogP contribution >= 0.6 is 0 Å². The van der Waals surface area contributed by atoms with Gasteiger partial charge in [0.05, 0.1) is 0 Å². The van der Waals surface area contributed by atoms with E-state index in [0.29, 0.717) is 12.8 Å². The minimum atomic E-state index is -4.25. The molecule has 0 spiro atoms. The quantitative estimate of drug-likeness (QED) is 0.784. The summed E-state index contributed by atoms with van der Waals surface area (Å²) in [7, 11) is 0. The van der Waals surface area contributed by atoms with Gasteiger partial charge in [-0.25, -0.2) is 0 Å². The molecule has 0 bridgehead atoms. The number of halogens is 3. The standard InChI is InChI=1S/C12H16F3NO/c13-12(14,15)9-17-8-4-7-11(16)10-5-2-1-3-6-10/h1-3,5-6,11H,4,7-9,16H2. The SMILES string of the molecule is NC(CCCOCC(F)(F)F)c1ccccc1. The Balaban J connectivity index is 2.15. The van der Waals surface area contributed by atoms with Gasteiger partial charge in [-0.05, 0) is 18.4 Å². The van der Waals surface area contributed by atoms with E-state index >= 15 is 0 Å². The van der Waals surface area contributed by atoms with Crippen LogP contribution in [0, 0.1) is 0 Å². The molecule has 1 aromatic rings. The highest BCUT2D eigenvalue weighted by Crippen LogP contribution is 2.17. The minimum Gasteiger partial charge on any atom is -0.372 e. The average Bonchev–Trinajstić information content (AvgIpc) is 2.28. The molecule has 1 rings (SSSR count). The van der Waals surface area contributed by atoms with Crippen molar-refractivity contribution in [3.63, 3.8) is 0 Å². The Morgan fingerprint density at radius 2 is 1.82 bits per heavy atom. The first kappa shape index (κ1) is 14.0. The third-order valence-electron chi connectivity index (χ3n) is 2.30. The number of alkyl halides is 3. The van der Waals surface area contributed by atoms with Crippen LogP contribution in [0.3, 0.4) is 0 Å². The van der Waals surface area contributed by atoms with Crippen molar-refractivity contribution in [1.82, 2.24) is 0 Å². The molecule has 1 aromatic carbocycles. The fourth-order valence-corrected chi connectivity index (χ4v) is 1.46. The minimum absolute atomic E-state index is 0.0834. The first-order valence-corrected chi connectivity index (χ1v) is 5.44. The van der Waals surface area contributed by atoms with Crippen LogP contribution in [0.25, 0.3) is 0 Å². The summed E-state index contributed by atoms with van der Waals surface area (Å²) in [5.74, 6) is 0. The molecule has 0 aliphatic carbocycles. The molecule has 0 fully saturated rings. The zero-order valence-electron chi connectivity index (χ0n) is 9.41. The van der Waals surface area contributed by atoms with Crippen LogP contribution in [0.5, 0.6) is 0 Å². The van der Waals surface area contributed by atoms with Gasteiger partial charge in [0.1, 0.15) is 6.61 Å². The van der Waals surface area contributed by atoms with Crippen molar-refractivity contribution >= 4 is 0 Å². The van der Waals surface area contributed by atoms with Crippen molar-refractivity contribution in [2.75, 3.05) is 13.2 Å². The molecule has 0 radical (unpaired) electrons. The van der Waals surface area contributed by atoms with Crippen molar-refractivity contribution in [1.29, 1.82) is 0 Å². The van der Waals surface area contributed by atoms with Gasteiger partial charge in [0.15, 0.2) is 0 Å². The van der Waals surface area contributed by atoms with Gasteiger partial charge in [-0.1, -0.05) is 30.3 Å². The Morgan fingerprint density at radius 1 is 1.18 bits per heavy atom. The molecule has 0 aliphatic rings. The molecule has 96 valence electrons. The van der Waals surface area contributed by atoms with E-state index in [9.17, 15) is 13.2 Å². The Labute approximate surface area is 98.6 Å². The summed E-state index contributed by atoms with van der Waals surface area (Å²) in [5, 5.41) is 0. The molecule has 5 heteroatoms. The summed E-state index contributed by atoms with van der Waals surface area (Å²) in [4.78, 5) is 0. The summed E-state index contributed by atoms with van der Waals surface area (Å²) < 4.78 is 39.8. The summed E-state index contributed by atoms with van der Waals surface area (Å²) in [6.45, 7) is -1.10. The molecule has 0 heterocycles. The van der Waals surface area contributed by atoms with Crippen molar-refractivity contribution < 1.29 is 17.9 Å². The molecule has 2 N–H and O–H groups in total. The normalized spacial score (nSPS) is 13.6. The number of hydrogen-bond acceptors (Lipinski definition) is 2. The van der Waals surface area contributed by atoms with E-state index in [1.54, 1.807) is 0 Å². The van der Waals surface area contributed by atoms with Gasteiger partial charge in [-0.3, -0.25) is 0 Å². The summed E-state index contributed by atoms with van der Waals surface area (Å²) in [5.41, 5.74) is 6.87. The molecule has 0 saturated carbocycles. The molecule has 0 aromatic heterocycles. The Bertz CT molecular complexity index is 313. The van der Waals surface area contributed by atoms with Gasteiger partial charge in [-0.2, -0.15) is 13.2 Å². The monoisotopic (exact) mass is 247 g/mol. The Hall–Kier alpha value is -1.07. The van der Waals surface area contributed by atoms with E-state index in [2.05, 4.69) is 4.74 Å². The zero-order valence-corrected chi connectivity index (χ0v) is 9.41. The van der Waals surface area contributed by atoms with Gasteiger partial charge in [0, 0.05) is 12.6 Å². The lowest BCUT2D eigenvalue weighted by molar-refractivity contribution is -0.174. The molecule has 0 aliphatic heterocycles. The molecular weight excluding hydrogens is 231 g/mol. The number of benzene rings is 1. The highest BCUT2D eigenvalue weighted by Gasteiger charge is 2.27. The van der Waals surface area contributed by atoms with Gasteiger partial charge in [0.25, 0.3) is 0 Å². The number of rotatable bonds is 6. The molecule has 0 saturated heterocycles. The van der Waals surface area contributed by atoms with E-state index in [0.717, 1.165) is 5.56 Å². The number of hydrogen-bond donors (Lipinski definition) is 1. The van der Waals surface area contributed by atoms with Gasteiger partial charge in [-0.15, -0.1) is 0 Å². The fraction of sp³-hybridized carbons (Fsp3) is 0.500. The average molecular weight is 247 g/mol. The maximum Gasteiger partial charge on any atom is 0.411 e. The van der Waals surface area contributed by atoms with E-state index in [1.807, 2.05) is 30.3 Å². The lowest BCUT2D eigenvalue weighted by atomic mass is 10.0. The summed E-state index contributed by atoms with van der Waals surface area (Å²) >= 11 is 0. The van der Waals surface area contributed by atoms with Crippen LogP contribution in [-0.2, 0) is 4.74 Å². The molecular formula is C12H16F3NO. The number of ether oxygens (including phenoxy) is 1. The first-order chi connectivity index (χ1) is 7.99. The lowest BCUT2D eigenvalue weighted by Crippen LogP contribution is -2.18. The van der Waals surface area contributed by atoms with E-state index in [1.165, 1.54) is 0 Å². The predicted molar refractivity (Wildman–Crippen MR) is 59.5 cm³/mol. The first-order valence-electron chi connectivity index (χ1n) is 5.44. The lowest BCUT2D eigenvalue weighted by Gasteiger charge is -2.12. The second-order valence-corrected chi connectivity index (χ2v) is 3.83. The maximum atomic E-state index is 11.8. The van der Waals surface area contributed by atoms with Gasteiger partial charge < -0.3 is 10.5 Å². The predicted octanol–water partition coefficient (Wildman–Crippen LogP) is 3.05. The van der Waals surface area contributed by atoms with E-state index in [4.69, 9.17) is 5.73 Å².